The molecule has 26 heavy (non-hydrogen) atoms. The van der Waals surface area contributed by atoms with Gasteiger partial charge in [0.15, 0.2) is 0 Å². The van der Waals surface area contributed by atoms with Crippen LogP contribution < -0.4 is 5.73 Å². The third-order valence-corrected chi connectivity index (χ3v) is 4.33. The predicted molar refractivity (Wildman–Crippen MR) is 92.8 cm³/mol. The number of rotatable bonds is 5. The van der Waals surface area contributed by atoms with Gasteiger partial charge in [-0.15, -0.1) is 0 Å². The summed E-state index contributed by atoms with van der Waals surface area (Å²) in [5.41, 5.74) is 7.79. The van der Waals surface area contributed by atoms with Gasteiger partial charge >= 0.3 is 0 Å². The van der Waals surface area contributed by atoms with Crippen LogP contribution in [0.1, 0.15) is 51.4 Å². The molecule has 3 rings (SSSR count). The van der Waals surface area contributed by atoms with E-state index in [9.17, 15) is 13.6 Å². The van der Waals surface area contributed by atoms with Crippen molar-refractivity contribution in [3.63, 3.8) is 0 Å². The lowest BCUT2D eigenvalue weighted by Crippen LogP contribution is -2.12. The Kier molecular flexibility index (Phi) is 4.79. The molecule has 0 radical (unpaired) electrons. The summed E-state index contributed by atoms with van der Waals surface area (Å²) in [6, 6.07) is 6.98. The number of carbonyl (C=O) groups excluding carboxylic acids is 1. The number of nitrogens with one attached hydrogen (secondary N) is 1. The van der Waals surface area contributed by atoms with Crippen LogP contribution >= 0.6 is 0 Å². The molecule has 5 nitrogen and oxygen atoms in total. The maximum absolute atomic E-state index is 14.5. The van der Waals surface area contributed by atoms with Gasteiger partial charge in [-0.2, -0.15) is 5.10 Å². The highest BCUT2D eigenvalue weighted by Crippen LogP contribution is 2.35. The van der Waals surface area contributed by atoms with Gasteiger partial charge in [0.05, 0.1) is 5.92 Å². The second-order valence-electron chi connectivity index (χ2n) is 6.03. The van der Waals surface area contributed by atoms with E-state index in [0.717, 1.165) is 17.7 Å². The molecule has 1 amide bonds. The van der Waals surface area contributed by atoms with E-state index < -0.39 is 23.5 Å². The number of amides is 1. The van der Waals surface area contributed by atoms with Crippen LogP contribution in [0.2, 0.25) is 0 Å². The summed E-state index contributed by atoms with van der Waals surface area (Å²) >= 11 is 0. The lowest BCUT2D eigenvalue weighted by atomic mass is 9.86. The highest BCUT2D eigenvalue weighted by Gasteiger charge is 2.27. The second kappa shape index (κ2) is 7.03. The number of H-pyrrole nitrogens is 1. The average Bonchev–Trinajstić information content (AvgIpc) is 3.09. The van der Waals surface area contributed by atoms with Crippen LogP contribution in [0.5, 0.6) is 0 Å². The number of primary amides is 1. The van der Waals surface area contributed by atoms with Crippen molar-refractivity contribution in [2.45, 2.75) is 26.2 Å². The van der Waals surface area contributed by atoms with Crippen LogP contribution in [0.4, 0.5) is 8.78 Å². The third-order valence-electron chi connectivity index (χ3n) is 4.33. The summed E-state index contributed by atoms with van der Waals surface area (Å²) in [6.07, 6.45) is 2.35. The van der Waals surface area contributed by atoms with E-state index in [2.05, 4.69) is 15.2 Å². The summed E-state index contributed by atoms with van der Waals surface area (Å²) in [5.74, 6) is -2.94. The Morgan fingerprint density at radius 2 is 1.96 bits per heavy atom. The van der Waals surface area contributed by atoms with Gasteiger partial charge in [-0.25, -0.2) is 8.78 Å². The van der Waals surface area contributed by atoms with Crippen molar-refractivity contribution in [1.82, 2.24) is 15.2 Å². The first-order valence-electron chi connectivity index (χ1n) is 8.16. The van der Waals surface area contributed by atoms with E-state index in [0.29, 0.717) is 11.3 Å². The molecule has 1 unspecified atom stereocenters. The maximum Gasteiger partial charge on any atom is 0.269 e. The maximum atomic E-state index is 14.5. The fourth-order valence-electron chi connectivity index (χ4n) is 3.00. The van der Waals surface area contributed by atoms with E-state index >= 15 is 0 Å². The number of aromatic nitrogens is 3. The fraction of sp³-hybridized carbons (Fsp3) is 0.211. The van der Waals surface area contributed by atoms with E-state index in [1.54, 1.807) is 6.20 Å². The van der Waals surface area contributed by atoms with Crippen molar-refractivity contribution in [1.29, 1.82) is 0 Å². The first-order valence-corrected chi connectivity index (χ1v) is 8.16. The van der Waals surface area contributed by atoms with Crippen LogP contribution in [0.25, 0.3) is 0 Å². The Morgan fingerprint density at radius 1 is 1.27 bits per heavy atom. The SMILES string of the molecule is CCc1cc(C)c(C(c2cc(C(N)=O)n[nH]2)c2c(F)cccc2F)cn1. The molecule has 134 valence electrons. The van der Waals surface area contributed by atoms with E-state index in [-0.39, 0.29) is 11.3 Å². The van der Waals surface area contributed by atoms with Crippen LogP contribution in [0.15, 0.2) is 36.5 Å². The largest absolute Gasteiger partial charge is 0.364 e. The van der Waals surface area contributed by atoms with Crippen molar-refractivity contribution in [2.75, 3.05) is 0 Å². The Balaban J connectivity index is 2.24. The molecular formula is C19H18F2N4O. The number of halogens is 2. The molecule has 0 fully saturated rings. The molecule has 1 atom stereocenters. The number of aromatic amines is 1. The smallest absolute Gasteiger partial charge is 0.269 e. The monoisotopic (exact) mass is 356 g/mol. The normalized spacial score (nSPS) is 12.2. The molecule has 7 heteroatoms. The molecule has 0 saturated carbocycles. The third kappa shape index (κ3) is 3.20. The molecule has 0 aliphatic heterocycles. The van der Waals surface area contributed by atoms with Gasteiger partial charge in [0, 0.05) is 23.1 Å². The summed E-state index contributed by atoms with van der Waals surface area (Å²) in [4.78, 5) is 15.7. The minimum absolute atomic E-state index is 0.00228. The molecule has 0 spiro atoms. The molecule has 2 heterocycles. The van der Waals surface area contributed by atoms with Gasteiger partial charge in [0.25, 0.3) is 5.91 Å². The number of hydrogen-bond acceptors (Lipinski definition) is 3. The number of nitrogens with two attached hydrogens (primary N) is 1. The Hall–Kier alpha value is -3.09. The van der Waals surface area contributed by atoms with Crippen molar-refractivity contribution in [3.05, 3.63) is 81.9 Å². The van der Waals surface area contributed by atoms with Crippen molar-refractivity contribution >= 4 is 5.91 Å². The van der Waals surface area contributed by atoms with Crippen LogP contribution in [-0.4, -0.2) is 21.1 Å². The number of carbonyl (C=O) groups is 1. The molecule has 3 aromatic rings. The first-order chi connectivity index (χ1) is 12.4. The van der Waals surface area contributed by atoms with Crippen LogP contribution in [0.3, 0.4) is 0 Å². The van der Waals surface area contributed by atoms with E-state index in [1.165, 1.54) is 24.3 Å². The zero-order chi connectivity index (χ0) is 18.8. The molecular weight excluding hydrogens is 338 g/mol. The fourth-order valence-corrected chi connectivity index (χ4v) is 3.00. The topological polar surface area (TPSA) is 84.7 Å². The number of benzene rings is 1. The van der Waals surface area contributed by atoms with Crippen LogP contribution in [0, 0.1) is 18.6 Å². The highest BCUT2D eigenvalue weighted by atomic mass is 19.1. The minimum Gasteiger partial charge on any atom is -0.364 e. The lowest BCUT2D eigenvalue weighted by molar-refractivity contribution is 0.0995. The standard InChI is InChI=1S/C19H18F2N4O/c1-3-11-7-10(2)12(9-23-11)17(15-8-16(19(22)26)25-24-15)18-13(20)5-4-6-14(18)21/h4-9,17H,3H2,1-2H3,(H2,22,26)(H,24,25). The molecule has 0 saturated heterocycles. The molecule has 2 aromatic heterocycles. The molecule has 0 bridgehead atoms. The zero-order valence-corrected chi connectivity index (χ0v) is 14.4. The molecule has 0 aliphatic carbocycles. The quantitative estimate of drug-likeness (QED) is 0.736. The first kappa shape index (κ1) is 17.7. The lowest BCUT2D eigenvalue weighted by Gasteiger charge is -2.20. The van der Waals surface area contributed by atoms with Gasteiger partial charge in [0.1, 0.15) is 17.3 Å². The van der Waals surface area contributed by atoms with Crippen molar-refractivity contribution in [3.8, 4) is 0 Å². The Bertz CT molecular complexity index is 948. The molecule has 3 N–H and O–H groups in total. The number of aryl methyl sites for hydroxylation is 2. The summed E-state index contributed by atoms with van der Waals surface area (Å²) in [7, 11) is 0. The Labute approximate surface area is 149 Å². The van der Waals surface area contributed by atoms with E-state index in [4.69, 9.17) is 5.73 Å². The van der Waals surface area contributed by atoms with Gasteiger partial charge < -0.3 is 5.73 Å². The summed E-state index contributed by atoms with van der Waals surface area (Å²) in [6.45, 7) is 3.83. The number of hydrogen-bond donors (Lipinski definition) is 2. The Morgan fingerprint density at radius 3 is 2.50 bits per heavy atom. The summed E-state index contributed by atoms with van der Waals surface area (Å²) in [5, 5.41) is 6.53. The number of pyridine rings is 1. The second-order valence-corrected chi connectivity index (χ2v) is 6.03. The van der Waals surface area contributed by atoms with Gasteiger partial charge in [-0.1, -0.05) is 13.0 Å². The molecule has 1 aromatic carbocycles. The highest BCUT2D eigenvalue weighted by molar-refractivity contribution is 5.90. The average molecular weight is 356 g/mol. The van der Waals surface area contributed by atoms with Gasteiger partial charge in [-0.3, -0.25) is 14.9 Å². The minimum atomic E-state index is -0.838. The number of nitrogens with zero attached hydrogens (tertiary/aromatic N) is 2. The van der Waals surface area contributed by atoms with Gasteiger partial charge in [0.2, 0.25) is 0 Å². The van der Waals surface area contributed by atoms with Crippen LogP contribution in [-0.2, 0) is 6.42 Å². The predicted octanol–water partition coefficient (Wildman–Crippen LogP) is 3.23. The van der Waals surface area contributed by atoms with E-state index in [1.807, 2.05) is 19.9 Å². The van der Waals surface area contributed by atoms with Gasteiger partial charge in [-0.05, 0) is 48.7 Å². The molecule has 0 aliphatic rings. The van der Waals surface area contributed by atoms with Crippen molar-refractivity contribution < 1.29 is 13.6 Å². The zero-order valence-electron chi connectivity index (χ0n) is 14.4. The summed E-state index contributed by atoms with van der Waals surface area (Å²) < 4.78 is 29.1. The van der Waals surface area contributed by atoms with Crippen molar-refractivity contribution in [2.24, 2.45) is 5.73 Å².